The first-order chi connectivity index (χ1) is 6.24. The van der Waals surface area contributed by atoms with Crippen molar-refractivity contribution >= 4 is 21.8 Å². The van der Waals surface area contributed by atoms with Crippen molar-refractivity contribution < 1.29 is 4.79 Å². The molecule has 3 nitrogen and oxygen atoms in total. The summed E-state index contributed by atoms with van der Waals surface area (Å²) in [7, 11) is 0. The molecule has 1 rings (SSSR count). The Bertz CT molecular complexity index is 284. The van der Waals surface area contributed by atoms with Gasteiger partial charge in [-0.05, 0) is 25.0 Å². The minimum Gasteiger partial charge on any atom is -0.366 e. The summed E-state index contributed by atoms with van der Waals surface area (Å²) in [4.78, 5) is 14.8. The standard InChI is InChI=1S/C9H11BrN2O/c10-5-1-2-8-4-3-7(6-12-8)9(11)13/h3-4,6H,1-2,5H2,(H2,11,13). The van der Waals surface area contributed by atoms with Gasteiger partial charge < -0.3 is 5.73 Å². The molecular weight excluding hydrogens is 232 g/mol. The number of amides is 1. The molecule has 1 heterocycles. The van der Waals surface area contributed by atoms with E-state index in [0.717, 1.165) is 23.9 Å². The number of pyridine rings is 1. The molecule has 1 amide bonds. The largest absolute Gasteiger partial charge is 0.366 e. The molecule has 1 aromatic heterocycles. The van der Waals surface area contributed by atoms with Crippen LogP contribution in [-0.2, 0) is 6.42 Å². The fourth-order valence-electron chi connectivity index (χ4n) is 0.966. The van der Waals surface area contributed by atoms with Crippen LogP contribution in [0.3, 0.4) is 0 Å². The fraction of sp³-hybridized carbons (Fsp3) is 0.333. The van der Waals surface area contributed by atoms with Crippen LogP contribution in [0.4, 0.5) is 0 Å². The van der Waals surface area contributed by atoms with Crippen molar-refractivity contribution in [3.05, 3.63) is 29.6 Å². The Kier molecular flexibility index (Phi) is 3.89. The van der Waals surface area contributed by atoms with Gasteiger partial charge in [0.1, 0.15) is 0 Å². The quantitative estimate of drug-likeness (QED) is 0.815. The average Bonchev–Trinajstić information content (AvgIpc) is 2.15. The topological polar surface area (TPSA) is 56.0 Å². The number of aryl methyl sites for hydroxylation is 1. The monoisotopic (exact) mass is 242 g/mol. The van der Waals surface area contributed by atoms with Gasteiger partial charge in [-0.2, -0.15) is 0 Å². The van der Waals surface area contributed by atoms with Crippen molar-refractivity contribution in [3.8, 4) is 0 Å². The molecule has 0 unspecified atom stereocenters. The fourth-order valence-corrected chi connectivity index (χ4v) is 1.25. The molecule has 0 saturated carbocycles. The van der Waals surface area contributed by atoms with Crippen LogP contribution in [0, 0.1) is 0 Å². The smallest absolute Gasteiger partial charge is 0.250 e. The lowest BCUT2D eigenvalue weighted by Gasteiger charge is -1.98. The van der Waals surface area contributed by atoms with E-state index in [4.69, 9.17) is 5.73 Å². The normalized spacial score (nSPS) is 9.92. The summed E-state index contributed by atoms with van der Waals surface area (Å²) >= 11 is 3.34. The molecule has 13 heavy (non-hydrogen) atoms. The van der Waals surface area contributed by atoms with Gasteiger partial charge in [0.05, 0.1) is 5.56 Å². The highest BCUT2D eigenvalue weighted by Crippen LogP contribution is 2.03. The second-order valence-corrected chi connectivity index (χ2v) is 3.49. The number of aromatic nitrogens is 1. The third-order valence-corrected chi connectivity index (χ3v) is 2.24. The Labute approximate surface area is 85.5 Å². The molecule has 0 fully saturated rings. The predicted octanol–water partition coefficient (Wildman–Crippen LogP) is 1.51. The van der Waals surface area contributed by atoms with E-state index in [2.05, 4.69) is 20.9 Å². The Morgan fingerprint density at radius 1 is 1.54 bits per heavy atom. The molecule has 0 spiro atoms. The van der Waals surface area contributed by atoms with Crippen LogP contribution in [0.1, 0.15) is 22.5 Å². The van der Waals surface area contributed by atoms with Crippen molar-refractivity contribution in [3.63, 3.8) is 0 Å². The maximum atomic E-state index is 10.7. The van der Waals surface area contributed by atoms with E-state index in [1.54, 1.807) is 6.07 Å². The Hall–Kier alpha value is -0.900. The summed E-state index contributed by atoms with van der Waals surface area (Å²) in [6, 6.07) is 3.54. The zero-order valence-electron chi connectivity index (χ0n) is 7.16. The van der Waals surface area contributed by atoms with E-state index in [0.29, 0.717) is 5.56 Å². The summed E-state index contributed by atoms with van der Waals surface area (Å²) < 4.78 is 0. The summed E-state index contributed by atoms with van der Waals surface area (Å²) in [5.41, 5.74) is 6.53. The number of rotatable bonds is 4. The van der Waals surface area contributed by atoms with Crippen LogP contribution in [-0.4, -0.2) is 16.2 Å². The van der Waals surface area contributed by atoms with Crippen molar-refractivity contribution in [2.75, 3.05) is 5.33 Å². The van der Waals surface area contributed by atoms with E-state index < -0.39 is 5.91 Å². The second kappa shape index (κ2) is 4.97. The van der Waals surface area contributed by atoms with Crippen LogP contribution >= 0.6 is 15.9 Å². The first-order valence-corrected chi connectivity index (χ1v) is 5.17. The molecule has 1 aromatic rings. The molecule has 0 bridgehead atoms. The summed E-state index contributed by atoms with van der Waals surface area (Å²) in [6.07, 6.45) is 3.49. The average molecular weight is 243 g/mol. The number of halogens is 1. The summed E-state index contributed by atoms with van der Waals surface area (Å²) in [5, 5.41) is 0.965. The van der Waals surface area contributed by atoms with E-state index >= 15 is 0 Å². The maximum Gasteiger partial charge on any atom is 0.250 e. The number of hydrogen-bond donors (Lipinski definition) is 1. The van der Waals surface area contributed by atoms with Crippen LogP contribution in [0.15, 0.2) is 18.3 Å². The van der Waals surface area contributed by atoms with Gasteiger partial charge in [-0.1, -0.05) is 15.9 Å². The van der Waals surface area contributed by atoms with Gasteiger partial charge >= 0.3 is 0 Å². The zero-order valence-corrected chi connectivity index (χ0v) is 8.75. The van der Waals surface area contributed by atoms with Crippen LogP contribution in [0.5, 0.6) is 0 Å². The molecule has 0 aliphatic heterocycles. The minimum absolute atomic E-state index is 0.431. The van der Waals surface area contributed by atoms with Crippen molar-refractivity contribution in [1.82, 2.24) is 4.98 Å². The van der Waals surface area contributed by atoms with Gasteiger partial charge in [0.15, 0.2) is 0 Å². The third kappa shape index (κ3) is 3.14. The molecule has 0 aliphatic rings. The maximum absolute atomic E-state index is 10.7. The van der Waals surface area contributed by atoms with Crippen LogP contribution in [0.2, 0.25) is 0 Å². The van der Waals surface area contributed by atoms with Gasteiger partial charge in [-0.15, -0.1) is 0 Å². The number of alkyl halides is 1. The number of nitrogens with two attached hydrogens (primary N) is 1. The molecule has 0 aromatic carbocycles. The van der Waals surface area contributed by atoms with Gasteiger partial charge in [0, 0.05) is 17.2 Å². The Morgan fingerprint density at radius 2 is 2.31 bits per heavy atom. The van der Waals surface area contributed by atoms with Crippen molar-refractivity contribution in [2.24, 2.45) is 5.73 Å². The first kappa shape index (κ1) is 10.2. The molecule has 0 aliphatic carbocycles. The first-order valence-electron chi connectivity index (χ1n) is 4.04. The number of primary amides is 1. The van der Waals surface area contributed by atoms with Crippen LogP contribution in [0.25, 0.3) is 0 Å². The van der Waals surface area contributed by atoms with Crippen molar-refractivity contribution in [2.45, 2.75) is 12.8 Å². The Balaban J connectivity index is 2.64. The lowest BCUT2D eigenvalue weighted by molar-refractivity contribution is 0.1000. The van der Waals surface area contributed by atoms with Gasteiger partial charge in [-0.25, -0.2) is 0 Å². The van der Waals surface area contributed by atoms with Gasteiger partial charge in [-0.3, -0.25) is 9.78 Å². The minimum atomic E-state index is -0.431. The van der Waals surface area contributed by atoms with E-state index in [9.17, 15) is 4.79 Å². The molecule has 0 saturated heterocycles. The van der Waals surface area contributed by atoms with Gasteiger partial charge in [0.25, 0.3) is 0 Å². The summed E-state index contributed by atoms with van der Waals surface area (Å²) in [6.45, 7) is 0. The molecular formula is C9H11BrN2O. The molecule has 4 heteroatoms. The van der Waals surface area contributed by atoms with Crippen molar-refractivity contribution in [1.29, 1.82) is 0 Å². The highest BCUT2D eigenvalue weighted by atomic mass is 79.9. The van der Waals surface area contributed by atoms with E-state index in [1.165, 1.54) is 6.20 Å². The summed E-state index contributed by atoms with van der Waals surface area (Å²) in [5.74, 6) is -0.431. The predicted molar refractivity (Wildman–Crippen MR) is 54.9 cm³/mol. The van der Waals surface area contributed by atoms with E-state index in [-0.39, 0.29) is 0 Å². The second-order valence-electron chi connectivity index (χ2n) is 2.69. The highest BCUT2D eigenvalue weighted by Gasteiger charge is 2.00. The van der Waals surface area contributed by atoms with E-state index in [1.807, 2.05) is 6.07 Å². The number of carbonyl (C=O) groups is 1. The number of nitrogens with zero attached hydrogens (tertiary/aromatic N) is 1. The molecule has 2 N–H and O–H groups in total. The molecule has 70 valence electrons. The lowest BCUT2D eigenvalue weighted by atomic mass is 10.2. The SMILES string of the molecule is NC(=O)c1ccc(CCCBr)nc1. The number of hydrogen-bond acceptors (Lipinski definition) is 2. The van der Waals surface area contributed by atoms with Gasteiger partial charge in [0.2, 0.25) is 5.91 Å². The zero-order chi connectivity index (χ0) is 9.68. The molecule has 0 atom stereocenters. The number of carbonyl (C=O) groups excluding carboxylic acids is 1. The van der Waals surface area contributed by atoms with Crippen LogP contribution < -0.4 is 5.73 Å². The highest BCUT2D eigenvalue weighted by molar-refractivity contribution is 9.09. The third-order valence-electron chi connectivity index (χ3n) is 1.68. The Morgan fingerprint density at radius 3 is 2.77 bits per heavy atom. The lowest BCUT2D eigenvalue weighted by Crippen LogP contribution is -2.11. The molecule has 0 radical (unpaired) electrons.